The number of fused-ring (bicyclic) bond motifs is 1. The van der Waals surface area contributed by atoms with Crippen LogP contribution in [0.2, 0.25) is 0 Å². The second-order valence-corrected chi connectivity index (χ2v) is 10.1. The Morgan fingerprint density at radius 1 is 1.23 bits per heavy atom. The molecule has 30 heavy (non-hydrogen) atoms. The van der Waals surface area contributed by atoms with Crippen LogP contribution in [0.25, 0.3) is 0 Å². The van der Waals surface area contributed by atoms with Crippen molar-refractivity contribution in [1.29, 1.82) is 0 Å². The van der Waals surface area contributed by atoms with Gasteiger partial charge in [0.15, 0.2) is 9.84 Å². The van der Waals surface area contributed by atoms with Crippen molar-refractivity contribution in [3.63, 3.8) is 0 Å². The number of rotatable bonds is 5. The predicted molar refractivity (Wildman–Crippen MR) is 112 cm³/mol. The van der Waals surface area contributed by atoms with Crippen LogP contribution in [0.1, 0.15) is 25.8 Å². The number of hydrogen-bond donors (Lipinski definition) is 1. The van der Waals surface area contributed by atoms with Crippen molar-refractivity contribution in [2.24, 2.45) is 0 Å². The molecule has 2 aromatic rings. The number of sulfone groups is 1. The van der Waals surface area contributed by atoms with E-state index in [-0.39, 0.29) is 22.5 Å². The van der Waals surface area contributed by atoms with E-state index in [1.165, 1.54) is 17.9 Å². The van der Waals surface area contributed by atoms with Crippen molar-refractivity contribution >= 4 is 49.0 Å². The first-order valence-corrected chi connectivity index (χ1v) is 11.5. The van der Waals surface area contributed by atoms with Gasteiger partial charge >= 0.3 is 0 Å². The molecular weight excluding hydrogens is 482 g/mol. The Balaban J connectivity index is 1.83. The fraction of sp³-hybridized carbons (Fsp3) is 0.300. The van der Waals surface area contributed by atoms with Crippen LogP contribution in [0.4, 0.5) is 20.2 Å². The van der Waals surface area contributed by atoms with E-state index >= 15 is 0 Å². The van der Waals surface area contributed by atoms with Gasteiger partial charge in [0.2, 0.25) is 11.8 Å². The van der Waals surface area contributed by atoms with Crippen molar-refractivity contribution in [1.82, 2.24) is 0 Å². The van der Waals surface area contributed by atoms with Gasteiger partial charge in [-0.3, -0.25) is 9.59 Å². The Kier molecular flexibility index (Phi) is 6.28. The fourth-order valence-corrected chi connectivity index (χ4v) is 5.69. The zero-order chi connectivity index (χ0) is 22.2. The maximum atomic E-state index is 13.7. The lowest BCUT2D eigenvalue weighted by molar-refractivity contribution is -0.117. The van der Waals surface area contributed by atoms with Gasteiger partial charge in [0.1, 0.15) is 11.6 Å². The van der Waals surface area contributed by atoms with E-state index in [0.717, 1.165) is 17.7 Å². The fourth-order valence-electron chi connectivity index (χ4n) is 3.53. The standard InChI is InChI=1S/C20H19BrF2N2O4S/c1-11-7-13-8-14(21)9-18(20(13)25(11)12(2)26)30(28,29)6-5-19(27)24-17-4-3-15(22)10-16(17)23/h3-4,8-11H,5-7H2,1-2H3,(H,24,27)/t11-/m0/s1. The molecule has 1 N–H and O–H groups in total. The van der Waals surface area contributed by atoms with Crippen LogP contribution in [-0.4, -0.2) is 32.0 Å². The third-order valence-corrected chi connectivity index (χ3v) is 6.97. The average Bonchev–Trinajstić information content (AvgIpc) is 2.97. The van der Waals surface area contributed by atoms with Crippen LogP contribution in [0, 0.1) is 11.6 Å². The molecule has 0 saturated heterocycles. The molecule has 0 unspecified atom stereocenters. The maximum absolute atomic E-state index is 13.7. The van der Waals surface area contributed by atoms with Gasteiger partial charge in [-0.15, -0.1) is 0 Å². The number of nitrogens with one attached hydrogen (secondary N) is 1. The molecule has 0 saturated carbocycles. The van der Waals surface area contributed by atoms with Crippen LogP contribution in [-0.2, 0) is 25.8 Å². The summed E-state index contributed by atoms with van der Waals surface area (Å²) in [6.45, 7) is 3.20. The van der Waals surface area contributed by atoms with Gasteiger partial charge in [-0.1, -0.05) is 15.9 Å². The predicted octanol–water partition coefficient (Wildman–Crippen LogP) is 3.83. The van der Waals surface area contributed by atoms with Crippen molar-refractivity contribution in [3.8, 4) is 0 Å². The van der Waals surface area contributed by atoms with Gasteiger partial charge in [-0.05, 0) is 43.2 Å². The lowest BCUT2D eigenvalue weighted by Crippen LogP contribution is -2.34. The van der Waals surface area contributed by atoms with Crippen LogP contribution in [0.15, 0.2) is 39.7 Å². The van der Waals surface area contributed by atoms with Crippen LogP contribution < -0.4 is 10.2 Å². The summed E-state index contributed by atoms with van der Waals surface area (Å²) in [6, 6.07) is 5.67. The summed E-state index contributed by atoms with van der Waals surface area (Å²) in [5.74, 6) is -3.29. The van der Waals surface area contributed by atoms with Gasteiger partial charge < -0.3 is 10.2 Å². The molecule has 160 valence electrons. The van der Waals surface area contributed by atoms with E-state index in [2.05, 4.69) is 21.2 Å². The Labute approximate surface area is 181 Å². The molecule has 6 nitrogen and oxygen atoms in total. The van der Waals surface area contributed by atoms with E-state index in [4.69, 9.17) is 0 Å². The monoisotopic (exact) mass is 500 g/mol. The molecule has 1 aliphatic rings. The van der Waals surface area contributed by atoms with Gasteiger partial charge in [0.25, 0.3) is 0 Å². The molecule has 0 fully saturated rings. The third-order valence-electron chi connectivity index (χ3n) is 4.79. The normalized spacial score (nSPS) is 15.8. The summed E-state index contributed by atoms with van der Waals surface area (Å²) in [4.78, 5) is 25.7. The molecule has 1 heterocycles. The van der Waals surface area contributed by atoms with Crippen molar-refractivity contribution in [2.75, 3.05) is 16.0 Å². The number of amides is 2. The number of anilines is 2. The minimum absolute atomic E-state index is 0.0350. The van der Waals surface area contributed by atoms with Gasteiger partial charge in [0, 0.05) is 29.9 Å². The van der Waals surface area contributed by atoms with Crippen molar-refractivity contribution in [2.45, 2.75) is 37.6 Å². The molecule has 0 bridgehead atoms. The Morgan fingerprint density at radius 3 is 2.57 bits per heavy atom. The Bertz CT molecular complexity index is 1140. The number of nitrogens with zero attached hydrogens (tertiary/aromatic N) is 1. The zero-order valence-corrected chi connectivity index (χ0v) is 18.6. The highest BCUT2D eigenvalue weighted by Crippen LogP contribution is 2.40. The quantitative estimate of drug-likeness (QED) is 0.676. The third kappa shape index (κ3) is 4.54. The number of hydrogen-bond acceptors (Lipinski definition) is 4. The molecule has 3 rings (SSSR count). The summed E-state index contributed by atoms with van der Waals surface area (Å²) in [7, 11) is -3.94. The molecular formula is C20H19BrF2N2O4S. The number of carbonyl (C=O) groups excluding carboxylic acids is 2. The second kappa shape index (κ2) is 8.43. The Hall–Kier alpha value is -2.33. The molecule has 0 aromatic heterocycles. The van der Waals surface area contributed by atoms with Crippen molar-refractivity contribution < 1.29 is 26.8 Å². The Morgan fingerprint density at radius 2 is 1.93 bits per heavy atom. The first kappa shape index (κ1) is 22.4. The second-order valence-electron chi connectivity index (χ2n) is 7.10. The van der Waals surface area contributed by atoms with Crippen LogP contribution in [0.3, 0.4) is 0 Å². The summed E-state index contributed by atoms with van der Waals surface area (Å²) in [5, 5.41) is 2.24. The van der Waals surface area contributed by atoms with Crippen molar-refractivity contribution in [3.05, 3.63) is 52.0 Å². The van der Waals surface area contributed by atoms with Gasteiger partial charge in [0.05, 0.1) is 22.0 Å². The first-order chi connectivity index (χ1) is 14.0. The van der Waals surface area contributed by atoms with Gasteiger partial charge in [-0.25, -0.2) is 17.2 Å². The number of carbonyl (C=O) groups is 2. The van der Waals surface area contributed by atoms with E-state index < -0.39 is 39.6 Å². The molecule has 1 aliphatic heterocycles. The molecule has 10 heteroatoms. The molecule has 0 radical (unpaired) electrons. The summed E-state index contributed by atoms with van der Waals surface area (Å²) >= 11 is 3.30. The SMILES string of the molecule is CC(=O)N1c2c(cc(Br)cc2S(=O)(=O)CCC(=O)Nc2ccc(F)cc2F)C[C@@H]1C. The van der Waals surface area contributed by atoms with Crippen LogP contribution in [0.5, 0.6) is 0 Å². The van der Waals surface area contributed by atoms with Crippen LogP contribution >= 0.6 is 15.9 Å². The molecule has 0 aliphatic carbocycles. The number of benzene rings is 2. The summed E-state index contributed by atoms with van der Waals surface area (Å²) in [6.07, 6.45) is 0.0806. The highest BCUT2D eigenvalue weighted by molar-refractivity contribution is 9.10. The van der Waals surface area contributed by atoms with E-state index in [9.17, 15) is 26.8 Å². The minimum Gasteiger partial charge on any atom is -0.324 e. The molecule has 1 atom stereocenters. The lowest BCUT2D eigenvalue weighted by Gasteiger charge is -2.23. The molecule has 0 spiro atoms. The lowest BCUT2D eigenvalue weighted by atomic mass is 10.1. The van der Waals surface area contributed by atoms with E-state index in [0.29, 0.717) is 22.6 Å². The highest BCUT2D eigenvalue weighted by atomic mass is 79.9. The van der Waals surface area contributed by atoms with E-state index in [1.807, 2.05) is 6.92 Å². The maximum Gasteiger partial charge on any atom is 0.225 e. The zero-order valence-electron chi connectivity index (χ0n) is 16.2. The molecule has 2 aromatic carbocycles. The largest absolute Gasteiger partial charge is 0.324 e. The summed E-state index contributed by atoms with van der Waals surface area (Å²) in [5.41, 5.74) is 0.824. The number of halogens is 3. The topological polar surface area (TPSA) is 83.6 Å². The van der Waals surface area contributed by atoms with Gasteiger partial charge in [-0.2, -0.15) is 0 Å². The summed E-state index contributed by atoms with van der Waals surface area (Å²) < 4.78 is 53.3. The minimum atomic E-state index is -3.94. The first-order valence-electron chi connectivity index (χ1n) is 9.09. The average molecular weight is 501 g/mol. The van der Waals surface area contributed by atoms with E-state index in [1.54, 1.807) is 6.07 Å². The highest BCUT2D eigenvalue weighted by Gasteiger charge is 2.35. The molecule has 2 amide bonds. The smallest absolute Gasteiger partial charge is 0.225 e.